The first kappa shape index (κ1) is 17.1. The highest BCUT2D eigenvalue weighted by atomic mass is 16.5. The van der Waals surface area contributed by atoms with Crippen molar-refractivity contribution in [1.82, 2.24) is 9.80 Å². The summed E-state index contributed by atoms with van der Waals surface area (Å²) in [5.74, 6) is 1.08. The van der Waals surface area contributed by atoms with E-state index in [0.29, 0.717) is 0 Å². The summed E-state index contributed by atoms with van der Waals surface area (Å²) in [7, 11) is 0. The van der Waals surface area contributed by atoms with Crippen LogP contribution in [0.2, 0.25) is 0 Å². The Labute approximate surface area is 155 Å². The number of benzene rings is 2. The van der Waals surface area contributed by atoms with Crippen molar-refractivity contribution in [3.8, 4) is 5.75 Å². The van der Waals surface area contributed by atoms with Crippen LogP contribution >= 0.6 is 0 Å². The molecule has 1 fully saturated rings. The minimum Gasteiger partial charge on any atom is -0.493 e. The molecule has 0 atom stereocenters. The van der Waals surface area contributed by atoms with Gasteiger partial charge < -0.3 is 9.64 Å². The van der Waals surface area contributed by atoms with Crippen LogP contribution in [0.25, 0.3) is 0 Å². The van der Waals surface area contributed by atoms with Gasteiger partial charge in [-0.25, -0.2) is 0 Å². The molecule has 0 radical (unpaired) electrons. The molecule has 2 aromatic carbocycles. The predicted octanol–water partition coefficient (Wildman–Crippen LogP) is 3.28. The predicted molar refractivity (Wildman–Crippen MR) is 103 cm³/mol. The van der Waals surface area contributed by atoms with Crippen LogP contribution in [-0.4, -0.2) is 48.5 Å². The quantitative estimate of drug-likeness (QED) is 0.852. The lowest BCUT2D eigenvalue weighted by Gasteiger charge is -2.23. The first-order valence-electron chi connectivity index (χ1n) is 9.52. The molecular weight excluding hydrogens is 324 g/mol. The van der Waals surface area contributed by atoms with Crippen molar-refractivity contribution in [1.29, 1.82) is 0 Å². The second-order valence-electron chi connectivity index (χ2n) is 7.27. The van der Waals surface area contributed by atoms with Gasteiger partial charge in [0.05, 0.1) is 6.61 Å². The maximum atomic E-state index is 12.9. The van der Waals surface area contributed by atoms with Crippen LogP contribution in [-0.2, 0) is 13.0 Å². The molecule has 4 rings (SSSR count). The SMILES string of the molecule is Cc1ccccc1CN1CCCN(C(=O)c2ccc3c(c2)CCO3)CC1. The van der Waals surface area contributed by atoms with Gasteiger partial charge in [0.2, 0.25) is 0 Å². The lowest BCUT2D eigenvalue weighted by atomic mass is 10.1. The van der Waals surface area contributed by atoms with E-state index in [9.17, 15) is 4.79 Å². The van der Waals surface area contributed by atoms with Crippen molar-refractivity contribution in [2.24, 2.45) is 0 Å². The molecule has 0 bridgehead atoms. The van der Waals surface area contributed by atoms with Crippen LogP contribution in [0.4, 0.5) is 0 Å². The molecule has 2 aliphatic heterocycles. The number of carbonyl (C=O) groups excluding carboxylic acids is 1. The van der Waals surface area contributed by atoms with Gasteiger partial charge in [-0.2, -0.15) is 0 Å². The van der Waals surface area contributed by atoms with Gasteiger partial charge in [-0.3, -0.25) is 9.69 Å². The number of hydrogen-bond donors (Lipinski definition) is 0. The minimum atomic E-state index is 0.150. The zero-order valence-corrected chi connectivity index (χ0v) is 15.4. The Morgan fingerprint density at radius 3 is 2.85 bits per heavy atom. The fourth-order valence-corrected chi connectivity index (χ4v) is 3.86. The normalized spacial score (nSPS) is 17.5. The Morgan fingerprint density at radius 2 is 1.96 bits per heavy atom. The van der Waals surface area contributed by atoms with Crippen LogP contribution < -0.4 is 4.74 Å². The minimum absolute atomic E-state index is 0.150. The summed E-state index contributed by atoms with van der Waals surface area (Å²) in [5, 5.41) is 0. The third kappa shape index (κ3) is 3.61. The van der Waals surface area contributed by atoms with Gasteiger partial charge in [-0.05, 0) is 48.2 Å². The van der Waals surface area contributed by atoms with E-state index in [1.807, 2.05) is 23.1 Å². The highest BCUT2D eigenvalue weighted by Gasteiger charge is 2.22. The number of nitrogens with zero attached hydrogens (tertiary/aromatic N) is 2. The first-order chi connectivity index (χ1) is 12.7. The topological polar surface area (TPSA) is 32.8 Å². The molecule has 2 heterocycles. The van der Waals surface area contributed by atoms with Crippen molar-refractivity contribution in [3.63, 3.8) is 0 Å². The zero-order chi connectivity index (χ0) is 17.9. The molecule has 2 aliphatic rings. The Morgan fingerprint density at radius 1 is 1.08 bits per heavy atom. The van der Waals surface area contributed by atoms with Gasteiger partial charge in [0, 0.05) is 44.7 Å². The average Bonchev–Trinajstić information content (AvgIpc) is 3.01. The van der Waals surface area contributed by atoms with Crippen molar-refractivity contribution >= 4 is 5.91 Å². The summed E-state index contributed by atoms with van der Waals surface area (Å²) in [4.78, 5) is 17.4. The molecule has 4 nitrogen and oxygen atoms in total. The molecule has 4 heteroatoms. The Kier molecular flexibility index (Phi) is 4.93. The van der Waals surface area contributed by atoms with E-state index in [-0.39, 0.29) is 5.91 Å². The number of ether oxygens (including phenoxy) is 1. The van der Waals surface area contributed by atoms with Crippen molar-refractivity contribution < 1.29 is 9.53 Å². The number of aryl methyl sites for hydroxylation is 1. The molecule has 0 saturated carbocycles. The van der Waals surface area contributed by atoms with E-state index in [1.165, 1.54) is 11.1 Å². The van der Waals surface area contributed by atoms with Crippen LogP contribution in [0.5, 0.6) is 5.75 Å². The fraction of sp³-hybridized carbons (Fsp3) is 0.409. The van der Waals surface area contributed by atoms with Crippen LogP contribution in [0, 0.1) is 6.92 Å². The van der Waals surface area contributed by atoms with Crippen LogP contribution in [0.3, 0.4) is 0 Å². The second kappa shape index (κ2) is 7.50. The Balaban J connectivity index is 1.40. The monoisotopic (exact) mass is 350 g/mol. The highest BCUT2D eigenvalue weighted by Crippen LogP contribution is 2.26. The Bertz CT molecular complexity index is 802. The maximum Gasteiger partial charge on any atom is 0.253 e. The lowest BCUT2D eigenvalue weighted by Crippen LogP contribution is -2.35. The van der Waals surface area contributed by atoms with Gasteiger partial charge in [-0.1, -0.05) is 24.3 Å². The van der Waals surface area contributed by atoms with Crippen LogP contribution in [0.1, 0.15) is 33.5 Å². The standard InChI is InChI=1S/C22H26N2O2/c1-17-5-2-3-6-20(17)16-23-10-4-11-24(13-12-23)22(25)19-7-8-21-18(15-19)9-14-26-21/h2-3,5-8,15H,4,9-14,16H2,1H3. The molecule has 1 saturated heterocycles. The third-order valence-electron chi connectivity index (χ3n) is 5.47. The van der Waals surface area contributed by atoms with Crippen molar-refractivity contribution in [2.45, 2.75) is 26.3 Å². The number of amides is 1. The molecule has 0 aromatic heterocycles. The van der Waals surface area contributed by atoms with Gasteiger partial charge >= 0.3 is 0 Å². The molecule has 2 aromatic rings. The van der Waals surface area contributed by atoms with Crippen molar-refractivity contribution in [3.05, 3.63) is 64.7 Å². The molecule has 26 heavy (non-hydrogen) atoms. The number of carbonyl (C=O) groups is 1. The summed E-state index contributed by atoms with van der Waals surface area (Å²) >= 11 is 0. The lowest BCUT2D eigenvalue weighted by molar-refractivity contribution is 0.0761. The molecule has 0 unspecified atom stereocenters. The third-order valence-corrected chi connectivity index (χ3v) is 5.47. The zero-order valence-electron chi connectivity index (χ0n) is 15.4. The van der Waals surface area contributed by atoms with E-state index in [1.54, 1.807) is 0 Å². The van der Waals surface area contributed by atoms with E-state index < -0.39 is 0 Å². The summed E-state index contributed by atoms with van der Waals surface area (Å²) in [6, 6.07) is 14.4. The molecule has 1 amide bonds. The van der Waals surface area contributed by atoms with E-state index in [0.717, 1.165) is 69.0 Å². The number of rotatable bonds is 3. The van der Waals surface area contributed by atoms with Gasteiger partial charge in [-0.15, -0.1) is 0 Å². The first-order valence-corrected chi connectivity index (χ1v) is 9.52. The smallest absolute Gasteiger partial charge is 0.253 e. The molecule has 0 aliphatic carbocycles. The summed E-state index contributed by atoms with van der Waals surface area (Å²) in [6.07, 6.45) is 1.92. The number of fused-ring (bicyclic) bond motifs is 1. The number of hydrogen-bond acceptors (Lipinski definition) is 3. The van der Waals surface area contributed by atoms with E-state index >= 15 is 0 Å². The highest BCUT2D eigenvalue weighted by molar-refractivity contribution is 5.94. The van der Waals surface area contributed by atoms with Gasteiger partial charge in [0.1, 0.15) is 5.75 Å². The summed E-state index contributed by atoms with van der Waals surface area (Å²) in [5.41, 5.74) is 4.67. The van der Waals surface area contributed by atoms with Gasteiger partial charge in [0.15, 0.2) is 0 Å². The second-order valence-corrected chi connectivity index (χ2v) is 7.27. The Hall–Kier alpha value is -2.33. The maximum absolute atomic E-state index is 12.9. The van der Waals surface area contributed by atoms with Crippen LogP contribution in [0.15, 0.2) is 42.5 Å². The van der Waals surface area contributed by atoms with Gasteiger partial charge in [0.25, 0.3) is 5.91 Å². The van der Waals surface area contributed by atoms with E-state index in [4.69, 9.17) is 4.74 Å². The molecule has 0 N–H and O–H groups in total. The average molecular weight is 350 g/mol. The summed E-state index contributed by atoms with van der Waals surface area (Å²) in [6.45, 7) is 7.44. The van der Waals surface area contributed by atoms with E-state index in [2.05, 4.69) is 36.1 Å². The molecule has 136 valence electrons. The summed E-state index contributed by atoms with van der Waals surface area (Å²) < 4.78 is 5.55. The fourth-order valence-electron chi connectivity index (χ4n) is 3.86. The largest absolute Gasteiger partial charge is 0.493 e. The molecular formula is C22H26N2O2. The van der Waals surface area contributed by atoms with Crippen molar-refractivity contribution in [2.75, 3.05) is 32.8 Å². The molecule has 0 spiro atoms.